The van der Waals surface area contributed by atoms with E-state index in [4.69, 9.17) is 5.73 Å². The molecule has 1 amide bonds. The van der Waals surface area contributed by atoms with Gasteiger partial charge in [0.25, 0.3) is 0 Å². The van der Waals surface area contributed by atoms with Crippen LogP contribution in [0.2, 0.25) is 0 Å². The molecule has 1 rings (SSSR count). The van der Waals surface area contributed by atoms with E-state index in [1.165, 1.54) is 0 Å². The zero-order chi connectivity index (χ0) is 13.4. The lowest BCUT2D eigenvalue weighted by atomic mass is 10.1. The summed E-state index contributed by atoms with van der Waals surface area (Å²) in [7, 11) is 0. The van der Waals surface area contributed by atoms with Gasteiger partial charge in [0.1, 0.15) is 0 Å². The van der Waals surface area contributed by atoms with Crippen LogP contribution in [0.25, 0.3) is 0 Å². The molecule has 0 fully saturated rings. The summed E-state index contributed by atoms with van der Waals surface area (Å²) in [6.07, 6.45) is 1.55. The molecule has 0 saturated carbocycles. The zero-order valence-corrected chi connectivity index (χ0v) is 11.4. The highest BCUT2D eigenvalue weighted by Crippen LogP contribution is 2.09. The molecule has 0 atom stereocenters. The molecule has 3 nitrogen and oxygen atoms in total. The maximum Gasteiger partial charge on any atom is 0.222 e. The van der Waals surface area contributed by atoms with Crippen LogP contribution in [0.5, 0.6) is 0 Å². The molecule has 100 valence electrons. The Kier molecular flexibility index (Phi) is 6.44. The van der Waals surface area contributed by atoms with E-state index in [1.54, 1.807) is 0 Å². The number of rotatable bonds is 7. The molecule has 0 aliphatic rings. The first-order valence-corrected chi connectivity index (χ1v) is 6.65. The van der Waals surface area contributed by atoms with E-state index in [0.717, 1.165) is 12.0 Å². The average molecular weight is 248 g/mol. The standard InChI is InChI=1S/C15H24N2O/c1-13(2)8-9-15(18)17(11-10-16)12-14-6-4-3-5-7-14/h3-7,13H,8-12,16H2,1-2H3. The van der Waals surface area contributed by atoms with Crippen LogP contribution in [-0.4, -0.2) is 23.9 Å². The maximum absolute atomic E-state index is 12.1. The molecule has 0 aliphatic carbocycles. The van der Waals surface area contributed by atoms with Crippen LogP contribution >= 0.6 is 0 Å². The predicted molar refractivity (Wildman–Crippen MR) is 75.0 cm³/mol. The molecule has 0 heterocycles. The summed E-state index contributed by atoms with van der Waals surface area (Å²) in [5.74, 6) is 0.767. The van der Waals surface area contributed by atoms with E-state index < -0.39 is 0 Å². The van der Waals surface area contributed by atoms with Gasteiger partial charge in [0, 0.05) is 26.1 Å². The smallest absolute Gasteiger partial charge is 0.222 e. The number of nitrogens with two attached hydrogens (primary N) is 1. The number of carbonyl (C=O) groups is 1. The molecule has 2 N–H and O–H groups in total. The van der Waals surface area contributed by atoms with Crippen molar-refractivity contribution in [2.75, 3.05) is 13.1 Å². The lowest BCUT2D eigenvalue weighted by Gasteiger charge is -2.22. The third-order valence-electron chi connectivity index (χ3n) is 2.90. The molecule has 0 aromatic heterocycles. The van der Waals surface area contributed by atoms with E-state index in [-0.39, 0.29) is 5.91 Å². The first-order chi connectivity index (χ1) is 8.63. The van der Waals surface area contributed by atoms with Gasteiger partial charge in [0.2, 0.25) is 5.91 Å². The Morgan fingerprint density at radius 2 is 1.94 bits per heavy atom. The number of nitrogens with zero attached hydrogens (tertiary/aromatic N) is 1. The van der Waals surface area contributed by atoms with Crippen molar-refractivity contribution >= 4 is 5.91 Å². The van der Waals surface area contributed by atoms with Gasteiger partial charge in [-0.2, -0.15) is 0 Å². The second-order valence-corrected chi connectivity index (χ2v) is 5.02. The molecule has 1 aromatic rings. The molecule has 0 radical (unpaired) electrons. The number of hydrogen-bond donors (Lipinski definition) is 1. The summed E-state index contributed by atoms with van der Waals surface area (Å²) in [6, 6.07) is 10.1. The van der Waals surface area contributed by atoms with Crippen LogP contribution in [0.3, 0.4) is 0 Å². The molecule has 0 bridgehead atoms. The largest absolute Gasteiger partial charge is 0.337 e. The molecule has 18 heavy (non-hydrogen) atoms. The Labute approximate surface area is 110 Å². The SMILES string of the molecule is CC(C)CCC(=O)N(CCN)Cc1ccccc1. The highest BCUT2D eigenvalue weighted by atomic mass is 16.2. The summed E-state index contributed by atoms with van der Waals surface area (Å²) < 4.78 is 0. The molecule has 0 spiro atoms. The van der Waals surface area contributed by atoms with Crippen molar-refractivity contribution in [2.24, 2.45) is 11.7 Å². The van der Waals surface area contributed by atoms with E-state index in [1.807, 2.05) is 35.2 Å². The van der Waals surface area contributed by atoms with Crippen molar-refractivity contribution in [3.05, 3.63) is 35.9 Å². The van der Waals surface area contributed by atoms with Gasteiger partial charge in [-0.25, -0.2) is 0 Å². The van der Waals surface area contributed by atoms with Crippen molar-refractivity contribution < 1.29 is 4.79 Å². The second-order valence-electron chi connectivity index (χ2n) is 5.02. The maximum atomic E-state index is 12.1. The van der Waals surface area contributed by atoms with Gasteiger partial charge >= 0.3 is 0 Å². The quantitative estimate of drug-likeness (QED) is 0.805. The first-order valence-electron chi connectivity index (χ1n) is 6.65. The second kappa shape index (κ2) is 7.88. The summed E-state index contributed by atoms with van der Waals surface area (Å²) in [6.45, 7) is 6.08. The van der Waals surface area contributed by atoms with Gasteiger partial charge in [-0.1, -0.05) is 44.2 Å². The van der Waals surface area contributed by atoms with Crippen molar-refractivity contribution in [3.63, 3.8) is 0 Å². The Balaban J connectivity index is 2.56. The van der Waals surface area contributed by atoms with Gasteiger partial charge < -0.3 is 10.6 Å². The summed E-state index contributed by atoms with van der Waals surface area (Å²) >= 11 is 0. The fourth-order valence-corrected chi connectivity index (χ4v) is 1.82. The number of carbonyl (C=O) groups excluding carboxylic acids is 1. The Hall–Kier alpha value is -1.35. The Morgan fingerprint density at radius 3 is 2.50 bits per heavy atom. The van der Waals surface area contributed by atoms with E-state index in [2.05, 4.69) is 13.8 Å². The van der Waals surface area contributed by atoms with E-state index in [0.29, 0.717) is 32.0 Å². The van der Waals surface area contributed by atoms with Crippen molar-refractivity contribution in [1.29, 1.82) is 0 Å². The summed E-state index contributed by atoms with van der Waals surface area (Å²) in [5.41, 5.74) is 6.74. The third kappa shape index (κ3) is 5.32. The fourth-order valence-electron chi connectivity index (χ4n) is 1.82. The lowest BCUT2D eigenvalue weighted by Crippen LogP contribution is -2.34. The van der Waals surface area contributed by atoms with Crippen LogP contribution in [0.4, 0.5) is 0 Å². The number of hydrogen-bond acceptors (Lipinski definition) is 2. The van der Waals surface area contributed by atoms with Gasteiger partial charge in [-0.3, -0.25) is 4.79 Å². The van der Waals surface area contributed by atoms with Gasteiger partial charge in [0.15, 0.2) is 0 Å². The van der Waals surface area contributed by atoms with Crippen molar-refractivity contribution in [2.45, 2.75) is 33.2 Å². The molecule has 3 heteroatoms. The molecule has 0 aliphatic heterocycles. The van der Waals surface area contributed by atoms with Crippen LogP contribution in [0, 0.1) is 5.92 Å². The summed E-state index contributed by atoms with van der Waals surface area (Å²) in [5, 5.41) is 0. The molecule has 0 saturated heterocycles. The molecular weight excluding hydrogens is 224 g/mol. The summed E-state index contributed by atoms with van der Waals surface area (Å²) in [4.78, 5) is 14.0. The van der Waals surface area contributed by atoms with E-state index >= 15 is 0 Å². The average Bonchev–Trinajstić information content (AvgIpc) is 2.36. The zero-order valence-electron chi connectivity index (χ0n) is 11.4. The first kappa shape index (κ1) is 14.7. The Morgan fingerprint density at radius 1 is 1.28 bits per heavy atom. The topological polar surface area (TPSA) is 46.3 Å². The Bertz CT molecular complexity index is 349. The number of amides is 1. The van der Waals surface area contributed by atoms with Crippen LogP contribution in [0.15, 0.2) is 30.3 Å². The number of benzene rings is 1. The minimum Gasteiger partial charge on any atom is -0.337 e. The molecule has 0 unspecified atom stereocenters. The lowest BCUT2D eigenvalue weighted by molar-refractivity contribution is -0.132. The van der Waals surface area contributed by atoms with Crippen LogP contribution < -0.4 is 5.73 Å². The highest BCUT2D eigenvalue weighted by Gasteiger charge is 2.13. The predicted octanol–water partition coefficient (Wildman–Crippen LogP) is 2.41. The fraction of sp³-hybridized carbons (Fsp3) is 0.533. The van der Waals surface area contributed by atoms with Crippen LogP contribution in [-0.2, 0) is 11.3 Å². The van der Waals surface area contributed by atoms with Crippen LogP contribution in [0.1, 0.15) is 32.3 Å². The van der Waals surface area contributed by atoms with Gasteiger partial charge in [-0.05, 0) is 17.9 Å². The minimum absolute atomic E-state index is 0.206. The minimum atomic E-state index is 0.206. The van der Waals surface area contributed by atoms with Gasteiger partial charge in [-0.15, -0.1) is 0 Å². The highest BCUT2D eigenvalue weighted by molar-refractivity contribution is 5.76. The third-order valence-corrected chi connectivity index (χ3v) is 2.90. The normalized spacial score (nSPS) is 10.7. The van der Waals surface area contributed by atoms with E-state index in [9.17, 15) is 4.79 Å². The van der Waals surface area contributed by atoms with Crippen molar-refractivity contribution in [1.82, 2.24) is 4.90 Å². The van der Waals surface area contributed by atoms with Crippen molar-refractivity contribution in [3.8, 4) is 0 Å². The molecule has 1 aromatic carbocycles. The van der Waals surface area contributed by atoms with Gasteiger partial charge in [0.05, 0.1) is 0 Å². The monoisotopic (exact) mass is 248 g/mol. The molecular formula is C15H24N2O.